The molecule has 4 N–H and O–H groups in total. The molecule has 0 aliphatic carbocycles. The van der Waals surface area contributed by atoms with Crippen molar-refractivity contribution in [3.05, 3.63) is 35.9 Å². The summed E-state index contributed by atoms with van der Waals surface area (Å²) < 4.78 is 11.8. The molecule has 2 rings (SSSR count). The van der Waals surface area contributed by atoms with Gasteiger partial charge in [-0.1, -0.05) is 122 Å². The van der Waals surface area contributed by atoms with Crippen LogP contribution in [0.4, 0.5) is 0 Å². The summed E-state index contributed by atoms with van der Waals surface area (Å²) in [6, 6.07) is 5.88. The van der Waals surface area contributed by atoms with E-state index in [1.165, 1.54) is 51.9 Å². The van der Waals surface area contributed by atoms with Crippen molar-refractivity contribution >= 4 is 23.7 Å². The summed E-state index contributed by atoms with van der Waals surface area (Å²) in [5, 5.41) is 18.4. The van der Waals surface area contributed by atoms with E-state index in [1.807, 2.05) is 30.3 Å². The molecule has 3 amide bonds. The van der Waals surface area contributed by atoms with Crippen LogP contribution in [0.25, 0.3) is 0 Å². The molecule has 0 saturated carbocycles. The first-order valence-corrected chi connectivity index (χ1v) is 17.5. The number of carbonyl (C=O) groups excluding carboxylic acids is 4. The Bertz CT molecular complexity index is 1050. The summed E-state index contributed by atoms with van der Waals surface area (Å²) in [5.74, 6) is -3.54. The van der Waals surface area contributed by atoms with Crippen molar-refractivity contribution in [3.63, 3.8) is 0 Å². The minimum Gasteiger partial charge on any atom is -0.460 e. The highest BCUT2D eigenvalue weighted by Gasteiger charge is 2.37. The molecular weight excluding hydrogens is 586 g/mol. The number of nitrogens with one attached hydrogen (secondary N) is 3. The third-order valence-electron chi connectivity index (χ3n) is 8.64. The largest absolute Gasteiger partial charge is 0.460 e. The van der Waals surface area contributed by atoms with Crippen LogP contribution in [0.15, 0.2) is 30.3 Å². The van der Waals surface area contributed by atoms with Crippen molar-refractivity contribution in [2.24, 2.45) is 11.8 Å². The summed E-state index contributed by atoms with van der Waals surface area (Å²) in [5.41, 5.74) is 0.889. The fraction of sp³-hybridized carbons (Fsp3) is 0.722. The molecule has 1 fully saturated rings. The highest BCUT2D eigenvalue weighted by atomic mass is 16.5. The molecule has 0 unspecified atom stereocenters. The van der Waals surface area contributed by atoms with Gasteiger partial charge in [0, 0.05) is 0 Å². The van der Waals surface area contributed by atoms with Crippen molar-refractivity contribution < 1.29 is 33.8 Å². The Morgan fingerprint density at radius 2 is 1.30 bits per heavy atom. The van der Waals surface area contributed by atoms with E-state index in [0.29, 0.717) is 6.42 Å². The summed E-state index contributed by atoms with van der Waals surface area (Å²) in [7, 11) is 0. The highest BCUT2D eigenvalue weighted by Crippen LogP contribution is 2.20. The van der Waals surface area contributed by atoms with Crippen molar-refractivity contribution in [1.29, 1.82) is 0 Å². The van der Waals surface area contributed by atoms with Gasteiger partial charge in [-0.2, -0.15) is 0 Å². The third kappa shape index (κ3) is 14.2. The molecule has 1 aliphatic rings. The van der Waals surface area contributed by atoms with Crippen LogP contribution in [-0.4, -0.2) is 65.7 Å². The van der Waals surface area contributed by atoms with Crippen LogP contribution in [0.2, 0.25) is 0 Å². The van der Waals surface area contributed by atoms with Crippen LogP contribution < -0.4 is 16.0 Å². The number of hydrogen-bond acceptors (Lipinski definition) is 7. The first-order chi connectivity index (χ1) is 22.0. The molecule has 1 saturated heterocycles. The van der Waals surface area contributed by atoms with Crippen LogP contribution >= 0.6 is 0 Å². The van der Waals surface area contributed by atoms with E-state index >= 15 is 0 Å². The summed E-state index contributed by atoms with van der Waals surface area (Å²) in [6.07, 6.45) is 11.3. The Hall–Kier alpha value is -2.98. The molecule has 0 spiro atoms. The zero-order valence-electron chi connectivity index (χ0n) is 28.7. The summed E-state index contributed by atoms with van der Waals surface area (Å²) in [4.78, 5) is 53.6. The van der Waals surface area contributed by atoms with E-state index in [1.54, 1.807) is 20.8 Å². The van der Waals surface area contributed by atoms with Gasteiger partial charge in [0.1, 0.15) is 18.2 Å². The van der Waals surface area contributed by atoms with E-state index in [2.05, 4.69) is 22.9 Å². The zero-order valence-corrected chi connectivity index (χ0v) is 28.7. The number of unbranched alkanes of at least 4 members (excludes halogenated alkanes) is 10. The Kier molecular flexibility index (Phi) is 18.5. The van der Waals surface area contributed by atoms with Gasteiger partial charge in [-0.15, -0.1) is 0 Å². The molecule has 0 bridgehead atoms. The lowest BCUT2D eigenvalue weighted by Crippen LogP contribution is -2.60. The fourth-order valence-corrected chi connectivity index (χ4v) is 5.59. The average Bonchev–Trinajstić information content (AvgIpc) is 3.03. The Balaban J connectivity index is 2.16. The number of cyclic esters (lactones) is 1. The van der Waals surface area contributed by atoms with Crippen LogP contribution in [0, 0.1) is 11.8 Å². The highest BCUT2D eigenvalue weighted by molar-refractivity contribution is 5.94. The molecule has 1 aliphatic heterocycles. The van der Waals surface area contributed by atoms with Gasteiger partial charge in [0.2, 0.25) is 17.7 Å². The quantitative estimate of drug-likeness (QED) is 0.131. The number of ether oxygens (including phenoxy) is 2. The van der Waals surface area contributed by atoms with E-state index in [9.17, 15) is 24.3 Å². The zero-order chi connectivity index (χ0) is 33.9. The third-order valence-corrected chi connectivity index (χ3v) is 8.64. The molecule has 1 aromatic carbocycles. The predicted octanol–water partition coefficient (Wildman–Crippen LogP) is 4.96. The van der Waals surface area contributed by atoms with Crippen molar-refractivity contribution in [2.75, 3.05) is 6.61 Å². The van der Waals surface area contributed by atoms with Gasteiger partial charge >= 0.3 is 5.97 Å². The number of esters is 1. The first-order valence-electron chi connectivity index (χ1n) is 17.5. The smallest absolute Gasteiger partial charge is 0.331 e. The lowest BCUT2D eigenvalue weighted by atomic mass is 9.95. The maximum atomic E-state index is 13.6. The second kappa shape index (κ2) is 21.7. The molecular formula is C36H59N3O7. The first kappa shape index (κ1) is 39.2. The molecule has 0 aromatic heterocycles. The molecule has 0 radical (unpaired) electrons. The molecule has 46 heavy (non-hydrogen) atoms. The summed E-state index contributed by atoms with van der Waals surface area (Å²) >= 11 is 0. The number of carbonyl (C=O) groups is 4. The van der Waals surface area contributed by atoms with E-state index in [4.69, 9.17) is 9.47 Å². The number of aliphatic hydroxyl groups excluding tert-OH is 1. The number of aliphatic hydroxyl groups is 1. The van der Waals surface area contributed by atoms with Gasteiger partial charge in [-0.3, -0.25) is 14.4 Å². The number of benzene rings is 1. The lowest BCUT2D eigenvalue weighted by Gasteiger charge is -2.28. The summed E-state index contributed by atoms with van der Waals surface area (Å²) in [6.45, 7) is 8.87. The molecule has 1 heterocycles. The van der Waals surface area contributed by atoms with Gasteiger partial charge < -0.3 is 30.5 Å². The fourth-order valence-electron chi connectivity index (χ4n) is 5.59. The van der Waals surface area contributed by atoms with Gasteiger partial charge in [-0.05, 0) is 31.2 Å². The van der Waals surface area contributed by atoms with Crippen molar-refractivity contribution in [1.82, 2.24) is 16.0 Å². The Morgan fingerprint density at radius 3 is 1.87 bits per heavy atom. The maximum absolute atomic E-state index is 13.6. The minimum atomic E-state index is -1.36. The molecule has 10 heteroatoms. The standard InChI is InChI=1S/C36H59N3O7/c1-6-7-8-9-10-11-12-13-14-15-19-22-30-26(4)33(41)38-31(25(2)3)34(42)39-32(27(5)40)35(43)37-29(36(44)46-30)24-45-23-28-20-17-16-18-21-28/h16-18,20-21,25-27,29-32,40H,6-15,19,22-24H2,1-5H3,(H,37,43)(H,38,41)(H,39,42)/t26-,27-,29-,30+,31+,32+/m1/s1. The topological polar surface area (TPSA) is 143 Å². The van der Waals surface area contributed by atoms with Crippen LogP contribution in [0.1, 0.15) is 117 Å². The lowest BCUT2D eigenvalue weighted by molar-refractivity contribution is -0.159. The van der Waals surface area contributed by atoms with E-state index in [0.717, 1.165) is 31.2 Å². The predicted molar refractivity (Wildman–Crippen MR) is 179 cm³/mol. The van der Waals surface area contributed by atoms with E-state index < -0.39 is 59.9 Å². The number of hydrogen-bond donors (Lipinski definition) is 4. The van der Waals surface area contributed by atoms with Crippen LogP contribution in [0.5, 0.6) is 0 Å². The Labute approximate surface area is 276 Å². The molecule has 10 nitrogen and oxygen atoms in total. The normalized spacial score (nSPS) is 23.8. The molecule has 260 valence electrons. The monoisotopic (exact) mass is 645 g/mol. The minimum absolute atomic E-state index is 0.194. The van der Waals surface area contributed by atoms with Crippen LogP contribution in [-0.2, 0) is 35.3 Å². The number of rotatable bonds is 18. The SMILES string of the molecule is CCCCCCCCCCCCC[C@@H]1OC(=O)[C@@H](COCc2ccccc2)NC(=O)[C@H]([C@@H](C)O)NC(=O)[C@H](C(C)C)NC(=O)[C@@H]1C. The second-order valence-electron chi connectivity index (χ2n) is 13.1. The van der Waals surface area contributed by atoms with Crippen molar-refractivity contribution in [3.8, 4) is 0 Å². The Morgan fingerprint density at radius 1 is 0.761 bits per heavy atom. The van der Waals surface area contributed by atoms with Crippen LogP contribution in [0.3, 0.4) is 0 Å². The van der Waals surface area contributed by atoms with Crippen molar-refractivity contribution in [2.45, 2.75) is 149 Å². The number of amides is 3. The van der Waals surface area contributed by atoms with Gasteiger partial charge in [0.15, 0.2) is 6.04 Å². The van der Waals surface area contributed by atoms with Gasteiger partial charge in [-0.25, -0.2) is 4.79 Å². The second-order valence-corrected chi connectivity index (χ2v) is 13.1. The maximum Gasteiger partial charge on any atom is 0.331 e. The van der Waals surface area contributed by atoms with Gasteiger partial charge in [0.25, 0.3) is 0 Å². The van der Waals surface area contributed by atoms with E-state index in [-0.39, 0.29) is 19.1 Å². The van der Waals surface area contributed by atoms with Gasteiger partial charge in [0.05, 0.1) is 25.2 Å². The average molecular weight is 646 g/mol. The molecule has 1 aromatic rings. The molecule has 6 atom stereocenters.